The molecule has 0 radical (unpaired) electrons. The molecule has 1 fully saturated rings. The lowest BCUT2D eigenvalue weighted by atomic mass is 10.0. The second-order valence-electron chi connectivity index (χ2n) is 6.22. The molecule has 1 aliphatic rings. The Kier molecular flexibility index (Phi) is 4.08. The molecule has 1 aliphatic carbocycles. The van der Waals surface area contributed by atoms with E-state index in [4.69, 9.17) is 11.6 Å². The predicted molar refractivity (Wildman–Crippen MR) is 86.1 cm³/mol. The summed E-state index contributed by atoms with van der Waals surface area (Å²) in [7, 11) is 0. The van der Waals surface area contributed by atoms with Gasteiger partial charge in [-0.2, -0.15) is 13.2 Å². The lowest BCUT2D eigenvalue weighted by Crippen LogP contribution is -2.36. The molecule has 1 N–H and O–H groups in total. The van der Waals surface area contributed by atoms with Crippen LogP contribution in [0, 0.1) is 0 Å². The molecule has 0 unspecified atom stereocenters. The average molecular weight is 354 g/mol. The van der Waals surface area contributed by atoms with Gasteiger partial charge in [0.2, 0.25) is 0 Å². The minimum atomic E-state index is -4.56. The van der Waals surface area contributed by atoms with Gasteiger partial charge in [-0.1, -0.05) is 35.9 Å². The van der Waals surface area contributed by atoms with Crippen molar-refractivity contribution in [3.05, 3.63) is 70.2 Å². The molecule has 0 saturated heterocycles. The third kappa shape index (κ3) is 3.26. The van der Waals surface area contributed by atoms with Gasteiger partial charge in [0, 0.05) is 16.5 Å². The highest BCUT2D eigenvalue weighted by Crippen LogP contribution is 2.51. The van der Waals surface area contributed by atoms with Crippen molar-refractivity contribution in [2.45, 2.75) is 31.0 Å². The molecular weight excluding hydrogens is 339 g/mol. The predicted octanol–water partition coefficient (Wildman–Crippen LogP) is 5.03. The van der Waals surface area contributed by atoms with Gasteiger partial charge in [0.05, 0.1) is 11.1 Å². The van der Waals surface area contributed by atoms with Crippen molar-refractivity contribution in [1.29, 1.82) is 0 Å². The van der Waals surface area contributed by atoms with Crippen molar-refractivity contribution in [3.63, 3.8) is 0 Å². The molecule has 6 heteroatoms. The number of hydrogen-bond acceptors (Lipinski definition) is 1. The molecule has 2 atom stereocenters. The summed E-state index contributed by atoms with van der Waals surface area (Å²) in [4.78, 5) is 12.4. The van der Waals surface area contributed by atoms with Crippen LogP contribution in [0.1, 0.15) is 40.7 Å². The Morgan fingerprint density at radius 2 is 1.79 bits per heavy atom. The van der Waals surface area contributed by atoms with Crippen molar-refractivity contribution < 1.29 is 18.0 Å². The van der Waals surface area contributed by atoms with Gasteiger partial charge in [-0.05, 0) is 43.2 Å². The molecule has 126 valence electrons. The number of rotatable bonds is 3. The van der Waals surface area contributed by atoms with Gasteiger partial charge in [0.25, 0.3) is 5.91 Å². The van der Waals surface area contributed by atoms with Crippen LogP contribution >= 0.6 is 11.6 Å². The first kappa shape index (κ1) is 16.8. The van der Waals surface area contributed by atoms with E-state index >= 15 is 0 Å². The topological polar surface area (TPSA) is 29.1 Å². The van der Waals surface area contributed by atoms with E-state index in [-0.39, 0.29) is 11.5 Å². The number of benzene rings is 2. The molecule has 2 aromatic carbocycles. The molecule has 0 bridgehead atoms. The van der Waals surface area contributed by atoms with E-state index in [1.165, 1.54) is 18.2 Å². The second kappa shape index (κ2) is 5.81. The van der Waals surface area contributed by atoms with Crippen LogP contribution in [0.5, 0.6) is 0 Å². The summed E-state index contributed by atoms with van der Waals surface area (Å²) in [5, 5.41) is 3.37. The Hall–Kier alpha value is -2.01. The van der Waals surface area contributed by atoms with Crippen LogP contribution < -0.4 is 5.32 Å². The smallest absolute Gasteiger partial charge is 0.346 e. The summed E-state index contributed by atoms with van der Waals surface area (Å²) in [5.41, 5.74) is -0.821. The van der Waals surface area contributed by atoms with Crippen molar-refractivity contribution in [3.8, 4) is 0 Å². The van der Waals surface area contributed by atoms with Gasteiger partial charge in [-0.25, -0.2) is 0 Å². The molecule has 0 aliphatic heterocycles. The molecule has 3 rings (SSSR count). The second-order valence-corrected chi connectivity index (χ2v) is 6.66. The number of carbonyl (C=O) groups excluding carboxylic acids is 1. The summed E-state index contributed by atoms with van der Waals surface area (Å²) in [6.45, 7) is 1.83. The van der Waals surface area contributed by atoms with Gasteiger partial charge in [0.15, 0.2) is 0 Å². The quantitative estimate of drug-likeness (QED) is 0.823. The maximum atomic E-state index is 13.0. The van der Waals surface area contributed by atoms with Gasteiger partial charge in [-0.3, -0.25) is 4.79 Å². The fraction of sp³-hybridized carbons (Fsp3) is 0.278. The van der Waals surface area contributed by atoms with Crippen LogP contribution in [0.2, 0.25) is 5.02 Å². The molecule has 2 nitrogen and oxygen atoms in total. The van der Waals surface area contributed by atoms with Gasteiger partial charge in [0.1, 0.15) is 0 Å². The van der Waals surface area contributed by atoms with Crippen molar-refractivity contribution in [1.82, 2.24) is 5.32 Å². The molecule has 0 aromatic heterocycles. The Morgan fingerprint density at radius 1 is 1.17 bits per heavy atom. The first-order valence-electron chi connectivity index (χ1n) is 7.45. The highest BCUT2D eigenvalue weighted by Gasteiger charge is 2.52. The third-order valence-electron chi connectivity index (χ3n) is 4.39. The van der Waals surface area contributed by atoms with Crippen LogP contribution in [-0.4, -0.2) is 11.4 Å². The zero-order chi connectivity index (χ0) is 17.5. The number of halogens is 4. The highest BCUT2D eigenvalue weighted by molar-refractivity contribution is 6.30. The minimum absolute atomic E-state index is 0.0664. The molecule has 0 spiro atoms. The monoisotopic (exact) mass is 353 g/mol. The van der Waals surface area contributed by atoms with E-state index in [9.17, 15) is 18.0 Å². The lowest BCUT2D eigenvalue weighted by molar-refractivity contribution is -0.137. The number of hydrogen-bond donors (Lipinski definition) is 1. The zero-order valence-electron chi connectivity index (χ0n) is 12.8. The van der Waals surface area contributed by atoms with Crippen LogP contribution in [0.3, 0.4) is 0 Å². The molecule has 1 amide bonds. The van der Waals surface area contributed by atoms with Crippen LogP contribution in [-0.2, 0) is 6.18 Å². The SMILES string of the molecule is C[C@@]1(NC(=O)c2ccccc2C(F)(F)F)C[C@@H]1c1ccc(Cl)cc1. The number of amides is 1. The average Bonchev–Trinajstić information content (AvgIpc) is 3.18. The molecule has 0 heterocycles. The van der Waals surface area contributed by atoms with E-state index in [2.05, 4.69) is 5.32 Å². The summed E-state index contributed by atoms with van der Waals surface area (Å²) in [6.07, 6.45) is -3.89. The maximum Gasteiger partial charge on any atom is 0.417 e. The maximum absolute atomic E-state index is 13.0. The largest absolute Gasteiger partial charge is 0.417 e. The minimum Gasteiger partial charge on any atom is -0.346 e. The Balaban J connectivity index is 1.78. The van der Waals surface area contributed by atoms with E-state index < -0.39 is 23.2 Å². The van der Waals surface area contributed by atoms with Gasteiger partial charge < -0.3 is 5.32 Å². The van der Waals surface area contributed by atoms with Crippen LogP contribution in [0.4, 0.5) is 13.2 Å². The third-order valence-corrected chi connectivity index (χ3v) is 4.64. The van der Waals surface area contributed by atoms with Crippen LogP contribution in [0.15, 0.2) is 48.5 Å². The Labute approximate surface area is 142 Å². The van der Waals surface area contributed by atoms with Crippen molar-refractivity contribution in [2.75, 3.05) is 0 Å². The summed E-state index contributed by atoms with van der Waals surface area (Å²) in [5.74, 6) is -0.640. The van der Waals surface area contributed by atoms with Crippen molar-refractivity contribution >= 4 is 17.5 Å². The number of carbonyl (C=O) groups is 1. The fourth-order valence-corrected chi connectivity index (χ4v) is 3.07. The lowest BCUT2D eigenvalue weighted by Gasteiger charge is -2.17. The number of nitrogens with one attached hydrogen (secondary N) is 1. The summed E-state index contributed by atoms with van der Waals surface area (Å²) >= 11 is 5.86. The fourth-order valence-electron chi connectivity index (χ4n) is 2.94. The standard InChI is InChI=1S/C18H15ClF3NO/c1-17(10-15(17)11-6-8-12(19)9-7-11)23-16(24)13-4-2-3-5-14(13)18(20,21)22/h2-9,15H,10H2,1H3,(H,23,24)/t15-,17-/m1/s1. The normalized spacial score (nSPS) is 23.0. The van der Waals surface area contributed by atoms with E-state index in [1.807, 2.05) is 19.1 Å². The molecule has 2 aromatic rings. The molecule has 1 saturated carbocycles. The summed E-state index contributed by atoms with van der Waals surface area (Å²) < 4.78 is 39.1. The van der Waals surface area contributed by atoms with Crippen LogP contribution in [0.25, 0.3) is 0 Å². The highest BCUT2D eigenvalue weighted by atomic mass is 35.5. The van der Waals surface area contributed by atoms with Crippen molar-refractivity contribution in [2.24, 2.45) is 0 Å². The summed E-state index contributed by atoms with van der Waals surface area (Å²) in [6, 6.07) is 12.1. The van der Waals surface area contributed by atoms with E-state index in [0.717, 1.165) is 11.6 Å². The zero-order valence-corrected chi connectivity index (χ0v) is 13.6. The van der Waals surface area contributed by atoms with E-state index in [1.54, 1.807) is 12.1 Å². The Morgan fingerprint density at radius 3 is 2.42 bits per heavy atom. The molecule has 24 heavy (non-hydrogen) atoms. The molecular formula is C18H15ClF3NO. The van der Waals surface area contributed by atoms with E-state index in [0.29, 0.717) is 11.4 Å². The first-order valence-corrected chi connectivity index (χ1v) is 7.83. The van der Waals surface area contributed by atoms with Gasteiger partial charge >= 0.3 is 6.18 Å². The van der Waals surface area contributed by atoms with Gasteiger partial charge in [-0.15, -0.1) is 0 Å². The number of alkyl halides is 3. The Bertz CT molecular complexity index is 773. The first-order chi connectivity index (χ1) is 11.2.